The van der Waals surface area contributed by atoms with E-state index in [1.165, 1.54) is 0 Å². The van der Waals surface area contributed by atoms with Gasteiger partial charge in [0.2, 0.25) is 5.91 Å². The molecule has 2 nitrogen and oxygen atoms in total. The maximum atomic E-state index is 11.0. The zero-order valence-electron chi connectivity index (χ0n) is 5.68. The summed E-state index contributed by atoms with van der Waals surface area (Å²) in [6.07, 6.45) is 1.95. The van der Waals surface area contributed by atoms with Gasteiger partial charge in [0.15, 0.2) is 0 Å². The molecular formula is C7H11NO. The third-order valence-electron chi connectivity index (χ3n) is 1.62. The summed E-state index contributed by atoms with van der Waals surface area (Å²) in [7, 11) is 1.81. The molecule has 0 spiro atoms. The first kappa shape index (κ1) is 6.33. The molecule has 1 aliphatic heterocycles. The van der Waals surface area contributed by atoms with Crippen molar-refractivity contribution in [3.63, 3.8) is 0 Å². The van der Waals surface area contributed by atoms with Crippen LogP contribution in [0.3, 0.4) is 0 Å². The summed E-state index contributed by atoms with van der Waals surface area (Å²) in [5.74, 6) is 0.112. The van der Waals surface area contributed by atoms with Gasteiger partial charge in [0.05, 0.1) is 0 Å². The zero-order chi connectivity index (χ0) is 6.85. The van der Waals surface area contributed by atoms with E-state index in [9.17, 15) is 4.79 Å². The average molecular weight is 125 g/mol. The summed E-state index contributed by atoms with van der Waals surface area (Å²) in [6, 6.07) is 0. The molecule has 0 aromatic rings. The fourth-order valence-corrected chi connectivity index (χ4v) is 1.01. The van der Waals surface area contributed by atoms with Crippen molar-refractivity contribution in [2.24, 2.45) is 0 Å². The molecule has 0 aliphatic carbocycles. The van der Waals surface area contributed by atoms with Crippen LogP contribution in [0.5, 0.6) is 0 Å². The van der Waals surface area contributed by atoms with Gasteiger partial charge in [0, 0.05) is 19.2 Å². The minimum absolute atomic E-state index is 0.112. The minimum Gasteiger partial charge on any atom is -0.342 e. The lowest BCUT2D eigenvalue weighted by Gasteiger charge is -2.23. The van der Waals surface area contributed by atoms with E-state index in [-0.39, 0.29) is 5.91 Å². The van der Waals surface area contributed by atoms with Crippen molar-refractivity contribution >= 4 is 5.91 Å². The molecule has 2 heteroatoms. The van der Waals surface area contributed by atoms with Gasteiger partial charge < -0.3 is 4.90 Å². The van der Waals surface area contributed by atoms with E-state index >= 15 is 0 Å². The van der Waals surface area contributed by atoms with Crippen molar-refractivity contribution in [2.75, 3.05) is 13.6 Å². The number of hydrogen-bond donors (Lipinski definition) is 0. The number of likely N-dealkylation sites (tertiary alicyclic amines) is 1. The average Bonchev–Trinajstić information content (AvgIpc) is 1.83. The quantitative estimate of drug-likeness (QED) is 0.438. The lowest BCUT2D eigenvalue weighted by molar-refractivity contribution is -0.127. The molecule has 0 saturated carbocycles. The predicted octanol–water partition coefficient (Wildman–Crippen LogP) is 0.795. The number of nitrogens with zero attached hydrogens (tertiary/aromatic N) is 1. The van der Waals surface area contributed by atoms with Crippen LogP contribution in [0.4, 0.5) is 0 Å². The fourth-order valence-electron chi connectivity index (χ4n) is 1.01. The molecule has 1 aliphatic rings. The van der Waals surface area contributed by atoms with Crippen molar-refractivity contribution in [2.45, 2.75) is 12.8 Å². The number of likely N-dealkylation sites (N-methyl/N-ethyl adjacent to an activating group) is 1. The standard InChI is InChI=1S/C7H11NO/c1-6-4-3-5-8(2)7(6)9/h1,3-5H2,2H3. The molecule has 0 atom stereocenters. The second kappa shape index (κ2) is 2.21. The molecule has 9 heavy (non-hydrogen) atoms. The number of hydrogen-bond acceptors (Lipinski definition) is 1. The van der Waals surface area contributed by atoms with Crippen LogP contribution in [-0.4, -0.2) is 24.4 Å². The van der Waals surface area contributed by atoms with Crippen LogP contribution in [0.1, 0.15) is 12.8 Å². The van der Waals surface area contributed by atoms with Crippen LogP contribution in [0.15, 0.2) is 12.2 Å². The number of piperidine rings is 1. The molecule has 0 N–H and O–H groups in total. The second-order valence-corrected chi connectivity index (χ2v) is 2.43. The Kier molecular flexibility index (Phi) is 1.56. The van der Waals surface area contributed by atoms with Gasteiger partial charge >= 0.3 is 0 Å². The summed E-state index contributed by atoms with van der Waals surface area (Å²) < 4.78 is 0. The predicted molar refractivity (Wildman–Crippen MR) is 36.0 cm³/mol. The lowest BCUT2D eigenvalue weighted by atomic mass is 10.1. The SMILES string of the molecule is C=C1CCCN(C)C1=O. The summed E-state index contributed by atoms with van der Waals surface area (Å²) in [5, 5.41) is 0. The van der Waals surface area contributed by atoms with E-state index in [0.717, 1.165) is 25.0 Å². The van der Waals surface area contributed by atoms with Gasteiger partial charge in [-0.3, -0.25) is 4.79 Å². The number of carbonyl (C=O) groups excluding carboxylic acids is 1. The largest absolute Gasteiger partial charge is 0.342 e. The molecule has 1 rings (SSSR count). The first-order chi connectivity index (χ1) is 4.22. The molecule has 0 unspecified atom stereocenters. The van der Waals surface area contributed by atoms with Gasteiger partial charge in [-0.05, 0) is 12.8 Å². The van der Waals surface area contributed by atoms with Crippen molar-refractivity contribution in [1.82, 2.24) is 4.90 Å². The Labute approximate surface area is 55.2 Å². The Morgan fingerprint density at radius 3 is 2.78 bits per heavy atom. The first-order valence-electron chi connectivity index (χ1n) is 3.15. The Morgan fingerprint density at radius 1 is 1.67 bits per heavy atom. The highest BCUT2D eigenvalue weighted by atomic mass is 16.2. The molecule has 50 valence electrons. The van der Waals surface area contributed by atoms with Gasteiger partial charge in [-0.15, -0.1) is 0 Å². The monoisotopic (exact) mass is 125 g/mol. The number of amides is 1. The van der Waals surface area contributed by atoms with Crippen LogP contribution in [0, 0.1) is 0 Å². The molecule has 1 fully saturated rings. The van der Waals surface area contributed by atoms with Crippen molar-refractivity contribution in [1.29, 1.82) is 0 Å². The maximum Gasteiger partial charge on any atom is 0.248 e. The molecule has 0 radical (unpaired) electrons. The third-order valence-corrected chi connectivity index (χ3v) is 1.62. The lowest BCUT2D eigenvalue weighted by Crippen LogP contribution is -2.32. The summed E-state index contributed by atoms with van der Waals surface area (Å²) in [6.45, 7) is 4.54. The minimum atomic E-state index is 0.112. The fraction of sp³-hybridized carbons (Fsp3) is 0.571. The molecule has 1 amide bonds. The summed E-state index contributed by atoms with van der Waals surface area (Å²) in [5.41, 5.74) is 0.753. The molecule has 0 aromatic heterocycles. The molecule has 0 aromatic carbocycles. The number of carbonyl (C=O) groups is 1. The van der Waals surface area contributed by atoms with Gasteiger partial charge in [0.1, 0.15) is 0 Å². The zero-order valence-corrected chi connectivity index (χ0v) is 5.68. The highest BCUT2D eigenvalue weighted by Crippen LogP contribution is 2.12. The summed E-state index contributed by atoms with van der Waals surface area (Å²) in [4.78, 5) is 12.7. The molecule has 0 bridgehead atoms. The van der Waals surface area contributed by atoms with Crippen molar-refractivity contribution < 1.29 is 4.79 Å². The normalized spacial score (nSPS) is 20.8. The topological polar surface area (TPSA) is 20.3 Å². The van der Waals surface area contributed by atoms with Gasteiger partial charge in [-0.25, -0.2) is 0 Å². The molecular weight excluding hydrogens is 114 g/mol. The van der Waals surface area contributed by atoms with Gasteiger partial charge in [0.25, 0.3) is 0 Å². The highest BCUT2D eigenvalue weighted by Gasteiger charge is 2.16. The Bertz CT molecular complexity index is 151. The van der Waals surface area contributed by atoms with Crippen molar-refractivity contribution in [3.8, 4) is 0 Å². The van der Waals surface area contributed by atoms with Crippen LogP contribution in [-0.2, 0) is 4.79 Å². The van der Waals surface area contributed by atoms with Crippen LogP contribution < -0.4 is 0 Å². The second-order valence-electron chi connectivity index (χ2n) is 2.43. The Balaban J connectivity index is 2.62. The van der Waals surface area contributed by atoms with E-state index in [0.29, 0.717) is 0 Å². The summed E-state index contributed by atoms with van der Waals surface area (Å²) >= 11 is 0. The molecule has 1 saturated heterocycles. The van der Waals surface area contributed by atoms with E-state index in [1.807, 2.05) is 7.05 Å². The third kappa shape index (κ3) is 1.12. The smallest absolute Gasteiger partial charge is 0.248 e. The maximum absolute atomic E-state index is 11.0. The van der Waals surface area contributed by atoms with Crippen molar-refractivity contribution in [3.05, 3.63) is 12.2 Å². The van der Waals surface area contributed by atoms with Crippen LogP contribution >= 0.6 is 0 Å². The van der Waals surface area contributed by atoms with Gasteiger partial charge in [-0.1, -0.05) is 6.58 Å². The van der Waals surface area contributed by atoms with E-state index in [2.05, 4.69) is 6.58 Å². The van der Waals surface area contributed by atoms with Gasteiger partial charge in [-0.2, -0.15) is 0 Å². The Morgan fingerprint density at radius 2 is 2.33 bits per heavy atom. The van der Waals surface area contributed by atoms with Crippen LogP contribution in [0.2, 0.25) is 0 Å². The molecule has 1 heterocycles. The van der Waals surface area contributed by atoms with Crippen LogP contribution in [0.25, 0.3) is 0 Å². The Hall–Kier alpha value is -0.790. The highest BCUT2D eigenvalue weighted by molar-refractivity contribution is 5.93. The first-order valence-corrected chi connectivity index (χ1v) is 3.15. The van der Waals surface area contributed by atoms with E-state index in [4.69, 9.17) is 0 Å². The van der Waals surface area contributed by atoms with E-state index < -0.39 is 0 Å². The van der Waals surface area contributed by atoms with E-state index in [1.54, 1.807) is 4.90 Å². The number of rotatable bonds is 0.